The minimum atomic E-state index is -0.975. The maximum atomic E-state index is 13.3. The van der Waals surface area contributed by atoms with Gasteiger partial charge in [-0.25, -0.2) is 4.39 Å². The molecule has 1 aromatic carbocycles. The number of halogens is 1. The number of anilines is 1. The molecular weight excluding hydrogens is 345 g/mol. The molecule has 0 radical (unpaired) electrons. The number of alkyl halides is 1. The molecule has 2 amide bonds. The van der Waals surface area contributed by atoms with E-state index in [-0.39, 0.29) is 30.8 Å². The van der Waals surface area contributed by atoms with Gasteiger partial charge in [0.2, 0.25) is 5.91 Å². The Hall–Kier alpha value is -2.21. The molecule has 1 fully saturated rings. The summed E-state index contributed by atoms with van der Waals surface area (Å²) < 4.78 is 13.3. The van der Waals surface area contributed by atoms with Crippen molar-refractivity contribution in [2.45, 2.75) is 51.4 Å². The zero-order chi connectivity index (χ0) is 19.4. The van der Waals surface area contributed by atoms with E-state index in [4.69, 9.17) is 0 Å². The lowest BCUT2D eigenvalue weighted by Gasteiger charge is -2.20. The fourth-order valence-electron chi connectivity index (χ4n) is 3.72. The predicted molar refractivity (Wildman–Crippen MR) is 104 cm³/mol. The molecule has 2 heterocycles. The minimum absolute atomic E-state index is 0.0780. The summed E-state index contributed by atoms with van der Waals surface area (Å²) in [7, 11) is 0. The van der Waals surface area contributed by atoms with E-state index in [9.17, 15) is 14.0 Å². The molecule has 2 aliphatic heterocycles. The first-order valence-electron chi connectivity index (χ1n) is 9.69. The van der Waals surface area contributed by atoms with Crippen molar-refractivity contribution in [2.24, 2.45) is 5.92 Å². The molecule has 146 valence electrons. The zero-order valence-electron chi connectivity index (χ0n) is 16.0. The van der Waals surface area contributed by atoms with Crippen molar-refractivity contribution in [1.29, 1.82) is 0 Å². The number of nitrogens with zero attached hydrogens (tertiary/aromatic N) is 1. The van der Waals surface area contributed by atoms with E-state index in [1.807, 2.05) is 24.3 Å². The van der Waals surface area contributed by atoms with Gasteiger partial charge in [0.05, 0.1) is 6.04 Å². The molecular formula is C21H28FN3O2. The zero-order valence-corrected chi connectivity index (χ0v) is 16.0. The quantitative estimate of drug-likeness (QED) is 0.753. The number of hydrogen-bond donors (Lipinski definition) is 2. The second-order valence-corrected chi connectivity index (χ2v) is 7.77. The highest BCUT2D eigenvalue weighted by molar-refractivity contribution is 6.03. The van der Waals surface area contributed by atoms with Gasteiger partial charge in [-0.05, 0) is 30.4 Å². The first-order valence-corrected chi connectivity index (χ1v) is 9.69. The van der Waals surface area contributed by atoms with Gasteiger partial charge in [-0.15, -0.1) is 0 Å². The Morgan fingerprint density at radius 3 is 2.85 bits per heavy atom. The van der Waals surface area contributed by atoms with Crippen LogP contribution in [0.15, 0.2) is 36.4 Å². The lowest BCUT2D eigenvalue weighted by molar-refractivity contribution is -0.123. The van der Waals surface area contributed by atoms with Crippen molar-refractivity contribution in [3.8, 4) is 0 Å². The molecule has 5 nitrogen and oxygen atoms in total. The third-order valence-electron chi connectivity index (χ3n) is 5.07. The van der Waals surface area contributed by atoms with E-state index in [0.717, 1.165) is 18.5 Å². The number of para-hydroxylation sites is 1. The van der Waals surface area contributed by atoms with Gasteiger partial charge in [0, 0.05) is 37.3 Å². The van der Waals surface area contributed by atoms with Crippen LogP contribution in [0.2, 0.25) is 0 Å². The normalized spacial score (nSPS) is 23.0. The van der Waals surface area contributed by atoms with Crippen LogP contribution in [0, 0.1) is 5.92 Å². The number of amides is 2. The Bertz CT molecular complexity index is 719. The number of fused-ring (bicyclic) bond motifs is 1. The third kappa shape index (κ3) is 4.95. The number of carbonyl (C=O) groups excluding carboxylic acids is 2. The standard InChI is InChI=1S/C21H28FN3O2/c1-14(2)11-17(24-21(27)18-12-16(22)13-23-18)7-8-20(26)25-10-9-15-5-3-4-6-19(15)25/h3-8,14,16-18,23H,9-13H2,1-2H3,(H,24,27)/b8-7+/t16?,17-,18+/m1/s1. The topological polar surface area (TPSA) is 61.4 Å². The molecule has 1 aromatic rings. The van der Waals surface area contributed by atoms with Gasteiger partial charge >= 0.3 is 0 Å². The largest absolute Gasteiger partial charge is 0.349 e. The summed E-state index contributed by atoms with van der Waals surface area (Å²) in [5.74, 6) is 0.0724. The smallest absolute Gasteiger partial charge is 0.250 e. The summed E-state index contributed by atoms with van der Waals surface area (Å²) in [5, 5.41) is 5.85. The summed E-state index contributed by atoms with van der Waals surface area (Å²) in [4.78, 5) is 26.8. The van der Waals surface area contributed by atoms with Crippen LogP contribution in [0.5, 0.6) is 0 Å². The summed E-state index contributed by atoms with van der Waals surface area (Å²) in [6.07, 6.45) is 4.13. The van der Waals surface area contributed by atoms with Crippen LogP contribution in [0.3, 0.4) is 0 Å². The van der Waals surface area contributed by atoms with Crippen LogP contribution in [0.25, 0.3) is 0 Å². The Kier molecular flexibility index (Phi) is 6.26. The van der Waals surface area contributed by atoms with Crippen LogP contribution in [0.4, 0.5) is 10.1 Å². The molecule has 27 heavy (non-hydrogen) atoms. The van der Waals surface area contributed by atoms with Crippen molar-refractivity contribution < 1.29 is 14.0 Å². The van der Waals surface area contributed by atoms with Crippen molar-refractivity contribution in [3.63, 3.8) is 0 Å². The van der Waals surface area contributed by atoms with Crippen LogP contribution in [-0.2, 0) is 16.0 Å². The Morgan fingerprint density at radius 1 is 1.37 bits per heavy atom. The molecule has 1 saturated heterocycles. The van der Waals surface area contributed by atoms with E-state index < -0.39 is 12.2 Å². The second kappa shape index (κ2) is 8.65. The molecule has 3 atom stereocenters. The van der Waals surface area contributed by atoms with Gasteiger partial charge in [-0.3, -0.25) is 9.59 Å². The van der Waals surface area contributed by atoms with Crippen molar-refractivity contribution >= 4 is 17.5 Å². The highest BCUT2D eigenvalue weighted by Gasteiger charge is 2.30. The SMILES string of the molecule is CC(C)C[C@@H](/C=C/C(=O)N1CCc2ccccc21)NC(=O)[C@@H]1CC(F)CN1. The maximum Gasteiger partial charge on any atom is 0.250 e. The van der Waals surface area contributed by atoms with E-state index in [1.54, 1.807) is 17.1 Å². The van der Waals surface area contributed by atoms with Crippen LogP contribution < -0.4 is 15.5 Å². The molecule has 0 aliphatic carbocycles. The first-order chi connectivity index (χ1) is 12.9. The van der Waals surface area contributed by atoms with Crippen molar-refractivity contribution in [1.82, 2.24) is 10.6 Å². The highest BCUT2D eigenvalue weighted by Crippen LogP contribution is 2.27. The monoisotopic (exact) mass is 373 g/mol. The molecule has 2 aliphatic rings. The molecule has 6 heteroatoms. The van der Waals surface area contributed by atoms with Crippen LogP contribution >= 0.6 is 0 Å². The Labute approximate surface area is 160 Å². The van der Waals surface area contributed by atoms with E-state index in [2.05, 4.69) is 24.5 Å². The molecule has 0 aromatic heterocycles. The fraction of sp³-hybridized carbons (Fsp3) is 0.524. The van der Waals surface area contributed by atoms with Gasteiger partial charge in [0.1, 0.15) is 6.17 Å². The molecule has 1 unspecified atom stereocenters. The van der Waals surface area contributed by atoms with Crippen molar-refractivity contribution in [2.75, 3.05) is 18.0 Å². The van der Waals surface area contributed by atoms with Crippen molar-refractivity contribution in [3.05, 3.63) is 42.0 Å². The van der Waals surface area contributed by atoms with Gasteiger partial charge in [-0.2, -0.15) is 0 Å². The van der Waals surface area contributed by atoms with Crippen LogP contribution in [-0.4, -0.2) is 43.2 Å². The average molecular weight is 373 g/mol. The van der Waals surface area contributed by atoms with Gasteiger partial charge in [0.25, 0.3) is 5.91 Å². The lowest BCUT2D eigenvalue weighted by atomic mass is 10.0. The number of rotatable bonds is 6. The summed E-state index contributed by atoms with van der Waals surface area (Å²) in [6, 6.07) is 7.17. The van der Waals surface area contributed by atoms with Crippen LogP contribution in [0.1, 0.15) is 32.3 Å². The van der Waals surface area contributed by atoms with E-state index >= 15 is 0 Å². The van der Waals surface area contributed by atoms with E-state index in [1.165, 1.54) is 5.56 Å². The second-order valence-electron chi connectivity index (χ2n) is 7.77. The summed E-state index contributed by atoms with van der Waals surface area (Å²) in [5.41, 5.74) is 2.14. The molecule has 0 bridgehead atoms. The molecule has 0 saturated carbocycles. The summed E-state index contributed by atoms with van der Waals surface area (Å²) >= 11 is 0. The van der Waals surface area contributed by atoms with Gasteiger partial charge in [0.15, 0.2) is 0 Å². The number of benzene rings is 1. The first kappa shape index (κ1) is 19.5. The Balaban J connectivity index is 1.63. The third-order valence-corrected chi connectivity index (χ3v) is 5.07. The minimum Gasteiger partial charge on any atom is -0.349 e. The fourth-order valence-corrected chi connectivity index (χ4v) is 3.72. The highest BCUT2D eigenvalue weighted by atomic mass is 19.1. The number of hydrogen-bond acceptors (Lipinski definition) is 3. The van der Waals surface area contributed by atoms with E-state index in [0.29, 0.717) is 12.5 Å². The average Bonchev–Trinajstić information content (AvgIpc) is 3.25. The molecule has 3 rings (SSSR count). The lowest BCUT2D eigenvalue weighted by Crippen LogP contribution is -2.45. The number of carbonyl (C=O) groups is 2. The maximum absolute atomic E-state index is 13.3. The Morgan fingerprint density at radius 2 is 2.15 bits per heavy atom. The predicted octanol–water partition coefficient (Wildman–Crippen LogP) is 2.36. The molecule has 0 spiro atoms. The number of nitrogens with one attached hydrogen (secondary N) is 2. The van der Waals surface area contributed by atoms with Gasteiger partial charge in [-0.1, -0.05) is 38.1 Å². The summed E-state index contributed by atoms with van der Waals surface area (Å²) in [6.45, 7) is 5.02. The molecule has 2 N–H and O–H groups in total. The van der Waals surface area contributed by atoms with Gasteiger partial charge < -0.3 is 15.5 Å².